The number of imidazole rings is 1. The number of hydrogen-bond acceptors (Lipinski definition) is 4. The highest BCUT2D eigenvalue weighted by Crippen LogP contribution is 2.08. The maximum Gasteiger partial charge on any atom is 0.203 e. The molecule has 0 radical (unpaired) electrons. The molecule has 0 saturated heterocycles. The summed E-state index contributed by atoms with van der Waals surface area (Å²) in [5, 5.41) is 11.0. The van der Waals surface area contributed by atoms with E-state index in [2.05, 4.69) is 31.8 Å². The van der Waals surface area contributed by atoms with Gasteiger partial charge in [0.2, 0.25) is 5.95 Å². The number of nitrogens with one attached hydrogen (secondary N) is 1. The average Bonchev–Trinajstić information content (AvgIpc) is 2.96. The van der Waals surface area contributed by atoms with Gasteiger partial charge in [0.15, 0.2) is 0 Å². The Morgan fingerprint density at radius 2 is 2.39 bits per heavy atom. The van der Waals surface area contributed by atoms with Crippen molar-refractivity contribution in [1.82, 2.24) is 24.5 Å². The largest absolute Gasteiger partial charge is 0.356 e. The van der Waals surface area contributed by atoms with E-state index < -0.39 is 0 Å². The van der Waals surface area contributed by atoms with Gasteiger partial charge < -0.3 is 9.88 Å². The third-order valence-electron chi connectivity index (χ3n) is 2.54. The summed E-state index contributed by atoms with van der Waals surface area (Å²) in [5.74, 6) is 0.894. The quantitative estimate of drug-likeness (QED) is 0.593. The van der Waals surface area contributed by atoms with E-state index in [-0.39, 0.29) is 0 Å². The first-order chi connectivity index (χ1) is 8.79. The van der Waals surface area contributed by atoms with Gasteiger partial charge in [-0.1, -0.05) is 11.3 Å². The van der Waals surface area contributed by atoms with Gasteiger partial charge in [0.1, 0.15) is 0 Å². The summed E-state index contributed by atoms with van der Waals surface area (Å²) in [4.78, 5) is 4.43. The van der Waals surface area contributed by atoms with Gasteiger partial charge in [-0.15, -0.1) is 11.7 Å². The number of aromatic nitrogens is 5. The Morgan fingerprint density at radius 3 is 3.11 bits per heavy atom. The molecule has 0 saturated carbocycles. The van der Waals surface area contributed by atoms with Crippen molar-refractivity contribution in [2.75, 3.05) is 11.9 Å². The fourth-order valence-corrected chi connectivity index (χ4v) is 1.76. The predicted octanol–water partition coefficient (Wildman–Crippen LogP) is 1.47. The van der Waals surface area contributed by atoms with Crippen LogP contribution in [0.25, 0.3) is 0 Å². The van der Waals surface area contributed by atoms with Crippen molar-refractivity contribution in [1.29, 1.82) is 0 Å². The molecule has 18 heavy (non-hydrogen) atoms. The zero-order valence-electron chi connectivity index (χ0n) is 10.6. The van der Waals surface area contributed by atoms with E-state index in [0.717, 1.165) is 37.7 Å². The standard InChI is InChI=1S/C12H18N6/c1-3-7-17-10-11(2)15-12(17)13-5-4-8-18-9-6-14-16-18/h3,6,9-10H,1,4-5,7-8H2,2H3,(H,13,15). The van der Waals surface area contributed by atoms with Crippen molar-refractivity contribution >= 4 is 5.95 Å². The highest BCUT2D eigenvalue weighted by Gasteiger charge is 2.03. The average molecular weight is 246 g/mol. The molecule has 0 aromatic carbocycles. The van der Waals surface area contributed by atoms with Crippen LogP contribution < -0.4 is 5.32 Å². The van der Waals surface area contributed by atoms with Gasteiger partial charge >= 0.3 is 0 Å². The number of allylic oxidation sites excluding steroid dienone is 1. The lowest BCUT2D eigenvalue weighted by Crippen LogP contribution is -2.11. The number of aryl methyl sites for hydroxylation is 2. The lowest BCUT2D eigenvalue weighted by Gasteiger charge is -2.07. The second-order valence-corrected chi connectivity index (χ2v) is 4.09. The van der Waals surface area contributed by atoms with Crippen LogP contribution in [0.2, 0.25) is 0 Å². The van der Waals surface area contributed by atoms with Gasteiger partial charge in [0, 0.05) is 32.0 Å². The summed E-state index contributed by atoms with van der Waals surface area (Å²) < 4.78 is 3.88. The number of rotatable bonds is 7. The minimum absolute atomic E-state index is 0.770. The lowest BCUT2D eigenvalue weighted by atomic mass is 10.4. The van der Waals surface area contributed by atoms with Crippen molar-refractivity contribution in [3.63, 3.8) is 0 Å². The van der Waals surface area contributed by atoms with E-state index in [1.165, 1.54) is 0 Å². The van der Waals surface area contributed by atoms with Crippen LogP contribution in [-0.2, 0) is 13.1 Å². The van der Waals surface area contributed by atoms with Crippen LogP contribution in [0.1, 0.15) is 12.1 Å². The van der Waals surface area contributed by atoms with E-state index in [4.69, 9.17) is 0 Å². The highest BCUT2D eigenvalue weighted by atomic mass is 15.4. The Bertz CT molecular complexity index is 485. The van der Waals surface area contributed by atoms with E-state index in [1.54, 1.807) is 6.20 Å². The van der Waals surface area contributed by atoms with E-state index in [9.17, 15) is 0 Å². The first-order valence-electron chi connectivity index (χ1n) is 6.02. The number of anilines is 1. The molecule has 2 heterocycles. The molecule has 0 aliphatic carbocycles. The van der Waals surface area contributed by atoms with Crippen molar-refractivity contribution in [2.45, 2.75) is 26.4 Å². The van der Waals surface area contributed by atoms with Gasteiger partial charge in [-0.2, -0.15) is 0 Å². The molecule has 2 aromatic rings. The molecule has 0 aliphatic heterocycles. The smallest absolute Gasteiger partial charge is 0.203 e. The zero-order valence-corrected chi connectivity index (χ0v) is 10.6. The fraction of sp³-hybridized carbons (Fsp3) is 0.417. The second-order valence-electron chi connectivity index (χ2n) is 4.09. The third kappa shape index (κ3) is 3.19. The molecule has 0 spiro atoms. The molecular weight excluding hydrogens is 228 g/mol. The highest BCUT2D eigenvalue weighted by molar-refractivity contribution is 5.28. The van der Waals surface area contributed by atoms with Crippen LogP contribution in [0.5, 0.6) is 0 Å². The molecule has 0 fully saturated rings. The van der Waals surface area contributed by atoms with Crippen molar-refractivity contribution in [3.8, 4) is 0 Å². The molecule has 0 bridgehead atoms. The van der Waals surface area contributed by atoms with Crippen LogP contribution in [-0.4, -0.2) is 31.1 Å². The monoisotopic (exact) mass is 246 g/mol. The minimum atomic E-state index is 0.770. The summed E-state index contributed by atoms with van der Waals surface area (Å²) in [7, 11) is 0. The molecule has 0 amide bonds. The Morgan fingerprint density at radius 1 is 1.50 bits per heavy atom. The van der Waals surface area contributed by atoms with E-state index in [0.29, 0.717) is 0 Å². The van der Waals surface area contributed by atoms with E-state index >= 15 is 0 Å². The number of nitrogens with zero attached hydrogens (tertiary/aromatic N) is 5. The van der Waals surface area contributed by atoms with Gasteiger partial charge in [-0.3, -0.25) is 4.68 Å². The van der Waals surface area contributed by atoms with Crippen LogP contribution in [0.15, 0.2) is 31.2 Å². The Hall–Kier alpha value is -2.11. The second kappa shape index (κ2) is 6.00. The van der Waals surface area contributed by atoms with Gasteiger partial charge in [0.05, 0.1) is 11.9 Å². The molecule has 1 N–H and O–H groups in total. The molecule has 0 atom stereocenters. The van der Waals surface area contributed by atoms with Gasteiger partial charge in [0.25, 0.3) is 0 Å². The van der Waals surface area contributed by atoms with Crippen molar-refractivity contribution in [2.24, 2.45) is 0 Å². The van der Waals surface area contributed by atoms with Crippen LogP contribution in [0.4, 0.5) is 5.95 Å². The Labute approximate surface area is 106 Å². The van der Waals surface area contributed by atoms with Crippen LogP contribution in [0.3, 0.4) is 0 Å². The first kappa shape index (κ1) is 12.3. The van der Waals surface area contributed by atoms with Gasteiger partial charge in [-0.25, -0.2) is 4.98 Å². The van der Waals surface area contributed by atoms with Crippen LogP contribution >= 0.6 is 0 Å². The molecule has 6 heteroatoms. The third-order valence-corrected chi connectivity index (χ3v) is 2.54. The molecule has 2 rings (SSSR count). The topological polar surface area (TPSA) is 60.6 Å². The lowest BCUT2D eigenvalue weighted by molar-refractivity contribution is 0.568. The maximum absolute atomic E-state index is 4.43. The van der Waals surface area contributed by atoms with Crippen molar-refractivity contribution in [3.05, 3.63) is 36.9 Å². The Balaban J connectivity index is 1.80. The fourth-order valence-electron chi connectivity index (χ4n) is 1.76. The summed E-state index contributed by atoms with van der Waals surface area (Å²) in [6.45, 7) is 8.21. The first-order valence-corrected chi connectivity index (χ1v) is 6.02. The molecule has 2 aromatic heterocycles. The molecule has 6 nitrogen and oxygen atoms in total. The molecule has 0 unspecified atom stereocenters. The zero-order chi connectivity index (χ0) is 12.8. The summed E-state index contributed by atoms with van der Waals surface area (Å²) in [6.07, 6.45) is 8.41. The SMILES string of the molecule is C=CCn1cc(C)nc1NCCCn1ccnn1. The minimum Gasteiger partial charge on any atom is -0.356 e. The molecule has 0 aliphatic rings. The van der Waals surface area contributed by atoms with Gasteiger partial charge in [-0.05, 0) is 13.3 Å². The van der Waals surface area contributed by atoms with E-state index in [1.807, 2.05) is 30.1 Å². The normalized spacial score (nSPS) is 10.5. The Kier molecular flexibility index (Phi) is 4.11. The molecule has 96 valence electrons. The van der Waals surface area contributed by atoms with Crippen molar-refractivity contribution < 1.29 is 0 Å². The van der Waals surface area contributed by atoms with Crippen LogP contribution in [0, 0.1) is 6.92 Å². The summed E-state index contributed by atoms with van der Waals surface area (Å²) in [5.41, 5.74) is 1.01. The maximum atomic E-state index is 4.43. The molecular formula is C12H18N6. The summed E-state index contributed by atoms with van der Waals surface area (Å²) >= 11 is 0. The summed E-state index contributed by atoms with van der Waals surface area (Å²) in [6, 6.07) is 0. The number of hydrogen-bond donors (Lipinski definition) is 1. The predicted molar refractivity (Wildman–Crippen MR) is 70.3 cm³/mol.